The Labute approximate surface area is 88.8 Å². The fraction of sp³-hybridized carbons (Fsp3) is 0.455. The molecule has 0 saturated heterocycles. The van der Waals surface area contributed by atoms with Crippen LogP contribution in [0.5, 0.6) is 11.5 Å². The molecule has 1 aromatic carbocycles. The summed E-state index contributed by atoms with van der Waals surface area (Å²) >= 11 is 0. The van der Waals surface area contributed by atoms with Crippen LogP contribution in [-0.4, -0.2) is 17.6 Å². The highest BCUT2D eigenvalue weighted by Gasteiger charge is 2.03. The van der Waals surface area contributed by atoms with Gasteiger partial charge in [0.2, 0.25) is 10.5 Å². The van der Waals surface area contributed by atoms with Crippen LogP contribution in [-0.2, 0) is 6.42 Å². The maximum Gasteiger partial charge on any atom is 0.204 e. The smallest absolute Gasteiger partial charge is 0.204 e. The van der Waals surface area contributed by atoms with Crippen molar-refractivity contribution in [3.63, 3.8) is 0 Å². The second-order valence-corrected chi connectivity index (χ2v) is 3.69. The Kier molecular flexibility index (Phi) is 4.53. The van der Waals surface area contributed by atoms with Gasteiger partial charge in [-0.3, -0.25) is 0 Å². The van der Waals surface area contributed by atoms with Gasteiger partial charge in [-0.1, -0.05) is 13.3 Å². The van der Waals surface area contributed by atoms with Crippen molar-refractivity contribution in [2.45, 2.75) is 26.2 Å². The summed E-state index contributed by atoms with van der Waals surface area (Å²) in [7, 11) is 2.44. The topological polar surface area (TPSA) is 18.5 Å². The van der Waals surface area contributed by atoms with Crippen LogP contribution in [0.3, 0.4) is 0 Å². The van der Waals surface area contributed by atoms with Crippen molar-refractivity contribution < 1.29 is 9.16 Å². The predicted molar refractivity (Wildman–Crippen MR) is 62.2 cm³/mol. The van der Waals surface area contributed by atoms with Gasteiger partial charge < -0.3 is 9.16 Å². The zero-order chi connectivity index (χ0) is 10.4. The third kappa shape index (κ3) is 2.77. The van der Waals surface area contributed by atoms with Crippen molar-refractivity contribution in [2.24, 2.45) is 0 Å². The van der Waals surface area contributed by atoms with E-state index in [4.69, 9.17) is 9.16 Å². The van der Waals surface area contributed by atoms with Gasteiger partial charge in [0, 0.05) is 0 Å². The lowest BCUT2D eigenvalue weighted by Crippen LogP contribution is -1.94. The number of unbranched alkanes of at least 4 members (excludes halogenated alkanes) is 1. The maximum atomic E-state index is 5.43. The molecule has 0 unspecified atom stereocenters. The van der Waals surface area contributed by atoms with E-state index >= 15 is 0 Å². The van der Waals surface area contributed by atoms with Gasteiger partial charge in [0.05, 0.1) is 7.11 Å². The molecule has 0 fully saturated rings. The van der Waals surface area contributed by atoms with Gasteiger partial charge >= 0.3 is 0 Å². The number of hydrogen-bond acceptors (Lipinski definition) is 2. The normalized spacial score (nSPS) is 10.1. The van der Waals surface area contributed by atoms with Crippen LogP contribution < -0.4 is 9.16 Å². The average Bonchev–Trinajstić information content (AvgIpc) is 2.25. The highest BCUT2D eigenvalue weighted by atomic mass is 28.2. The quantitative estimate of drug-likeness (QED) is 0.689. The molecule has 1 rings (SSSR count). The molecule has 0 aromatic heterocycles. The number of methoxy groups -OCH3 is 1. The lowest BCUT2D eigenvalue weighted by Gasteiger charge is -2.10. The summed E-state index contributed by atoms with van der Waals surface area (Å²) in [6.45, 7) is 2.20. The summed E-state index contributed by atoms with van der Waals surface area (Å²) < 4.78 is 10.6. The van der Waals surface area contributed by atoms with Crippen LogP contribution >= 0.6 is 0 Å². The molecule has 0 aliphatic rings. The van der Waals surface area contributed by atoms with Crippen molar-refractivity contribution >= 4 is 10.5 Å². The Hall–Kier alpha value is -0.963. The van der Waals surface area contributed by atoms with Crippen molar-refractivity contribution in [3.8, 4) is 11.5 Å². The molecule has 0 spiro atoms. The van der Waals surface area contributed by atoms with Crippen molar-refractivity contribution in [2.75, 3.05) is 7.11 Å². The Morgan fingerprint density at radius 3 is 2.71 bits per heavy atom. The van der Waals surface area contributed by atoms with Gasteiger partial charge in [-0.05, 0) is 36.6 Å². The van der Waals surface area contributed by atoms with E-state index in [9.17, 15) is 0 Å². The molecule has 0 bridgehead atoms. The van der Waals surface area contributed by atoms with Crippen LogP contribution in [0.15, 0.2) is 18.2 Å². The van der Waals surface area contributed by atoms with Gasteiger partial charge in [-0.15, -0.1) is 0 Å². The zero-order valence-corrected chi connectivity index (χ0v) is 11.2. The SMILES string of the molecule is CCCCc1cc(OC)ccc1O[SiH3]. The average molecular weight is 210 g/mol. The number of hydrogen-bond donors (Lipinski definition) is 0. The van der Waals surface area contributed by atoms with Crippen molar-refractivity contribution in [1.82, 2.24) is 0 Å². The summed E-state index contributed by atoms with van der Waals surface area (Å²) in [5, 5.41) is 0. The van der Waals surface area contributed by atoms with Crippen LogP contribution in [0.1, 0.15) is 25.3 Å². The van der Waals surface area contributed by atoms with E-state index < -0.39 is 0 Å². The summed E-state index contributed by atoms with van der Waals surface area (Å²) in [6, 6.07) is 6.02. The van der Waals surface area contributed by atoms with Gasteiger partial charge in [-0.25, -0.2) is 0 Å². The Morgan fingerprint density at radius 1 is 1.36 bits per heavy atom. The Bertz CT molecular complexity index is 287. The largest absolute Gasteiger partial charge is 0.553 e. The summed E-state index contributed by atoms with van der Waals surface area (Å²) in [5.74, 6) is 1.93. The fourth-order valence-electron chi connectivity index (χ4n) is 1.44. The van der Waals surface area contributed by atoms with E-state index in [-0.39, 0.29) is 0 Å². The molecule has 0 heterocycles. The van der Waals surface area contributed by atoms with E-state index in [2.05, 4.69) is 13.0 Å². The number of benzene rings is 1. The molecule has 78 valence electrons. The first-order valence-corrected chi connectivity index (χ1v) is 5.84. The molecule has 0 amide bonds. The predicted octanol–water partition coefficient (Wildman–Crippen LogP) is 1.70. The molecule has 0 N–H and O–H groups in total. The minimum absolute atomic E-state index is 0.742. The van der Waals surface area contributed by atoms with Gasteiger partial charge in [0.15, 0.2) is 0 Å². The second-order valence-electron chi connectivity index (χ2n) is 3.28. The monoisotopic (exact) mass is 210 g/mol. The van der Waals surface area contributed by atoms with E-state index in [0.717, 1.165) is 28.4 Å². The number of rotatable bonds is 5. The van der Waals surface area contributed by atoms with Gasteiger partial charge in [0.1, 0.15) is 11.5 Å². The van der Waals surface area contributed by atoms with Gasteiger partial charge in [-0.2, -0.15) is 0 Å². The van der Waals surface area contributed by atoms with E-state index in [1.807, 2.05) is 12.1 Å². The van der Waals surface area contributed by atoms with Crippen molar-refractivity contribution in [3.05, 3.63) is 23.8 Å². The third-order valence-corrected chi connectivity index (χ3v) is 2.73. The summed E-state index contributed by atoms with van der Waals surface area (Å²) in [4.78, 5) is 0. The summed E-state index contributed by atoms with van der Waals surface area (Å²) in [6.07, 6.45) is 3.48. The third-order valence-electron chi connectivity index (χ3n) is 2.29. The molecule has 0 atom stereocenters. The standard InChI is InChI=1S/C11H18O2Si/c1-3-4-5-9-8-10(12-2)6-7-11(9)13-14/h6-8H,3-5H2,1-2,14H3. The Morgan fingerprint density at radius 2 is 2.14 bits per heavy atom. The maximum absolute atomic E-state index is 5.43. The zero-order valence-electron chi connectivity index (χ0n) is 9.17. The minimum Gasteiger partial charge on any atom is -0.553 e. The molecule has 0 saturated carbocycles. The molecule has 0 radical (unpaired) electrons. The lowest BCUT2D eigenvalue weighted by atomic mass is 10.1. The molecular formula is C11H18O2Si. The fourth-order valence-corrected chi connectivity index (χ4v) is 1.84. The van der Waals surface area contributed by atoms with E-state index in [0.29, 0.717) is 0 Å². The van der Waals surface area contributed by atoms with E-state index in [1.165, 1.54) is 18.4 Å². The molecular weight excluding hydrogens is 192 g/mol. The molecule has 2 nitrogen and oxygen atoms in total. The molecule has 3 heteroatoms. The van der Waals surface area contributed by atoms with Crippen molar-refractivity contribution in [1.29, 1.82) is 0 Å². The first kappa shape index (κ1) is 11.1. The number of aryl methyl sites for hydroxylation is 1. The van der Waals surface area contributed by atoms with Crippen LogP contribution in [0.25, 0.3) is 0 Å². The summed E-state index contributed by atoms with van der Waals surface area (Å²) in [5.41, 5.74) is 1.27. The van der Waals surface area contributed by atoms with E-state index in [1.54, 1.807) is 7.11 Å². The number of ether oxygens (including phenoxy) is 1. The van der Waals surface area contributed by atoms with Crippen LogP contribution in [0, 0.1) is 0 Å². The molecule has 1 aromatic rings. The molecule has 14 heavy (non-hydrogen) atoms. The van der Waals surface area contributed by atoms with Crippen LogP contribution in [0.2, 0.25) is 0 Å². The molecule has 0 aliphatic carbocycles. The minimum atomic E-state index is 0.742. The first-order chi connectivity index (χ1) is 6.81. The van der Waals surface area contributed by atoms with Crippen LogP contribution in [0.4, 0.5) is 0 Å². The molecule has 0 aliphatic heterocycles. The lowest BCUT2D eigenvalue weighted by molar-refractivity contribution is 0.413. The second kappa shape index (κ2) is 5.70. The van der Waals surface area contributed by atoms with Gasteiger partial charge in [0.25, 0.3) is 0 Å². The Balaban J connectivity index is 2.84. The highest BCUT2D eigenvalue weighted by Crippen LogP contribution is 2.25. The first-order valence-electron chi connectivity index (χ1n) is 5.02. The highest BCUT2D eigenvalue weighted by molar-refractivity contribution is 6.00.